The van der Waals surface area contributed by atoms with E-state index in [1.54, 1.807) is 17.6 Å². The van der Waals surface area contributed by atoms with Gasteiger partial charge in [0, 0.05) is 59.6 Å². The smallest absolute Gasteiger partial charge is 0.185 e. The Morgan fingerprint density at radius 2 is 2.17 bits per heavy atom. The fourth-order valence-corrected chi connectivity index (χ4v) is 2.89. The first kappa shape index (κ1) is 15.6. The lowest BCUT2D eigenvalue weighted by atomic mass is 10.4. The summed E-state index contributed by atoms with van der Waals surface area (Å²) in [6.07, 6.45) is 3.68. The van der Waals surface area contributed by atoms with Crippen molar-refractivity contribution in [3.8, 4) is 0 Å². The average Bonchev–Trinajstić information content (AvgIpc) is 2.79. The average molecular weight is 289 g/mol. The summed E-state index contributed by atoms with van der Waals surface area (Å²) in [5.41, 5.74) is 0. The molecular formula is C12H23N3OS2. The van der Waals surface area contributed by atoms with Crippen LogP contribution in [0.2, 0.25) is 0 Å². The first-order valence-corrected chi connectivity index (χ1v) is 8.74. The maximum absolute atomic E-state index is 11.2. The van der Waals surface area contributed by atoms with Gasteiger partial charge >= 0.3 is 0 Å². The van der Waals surface area contributed by atoms with E-state index in [2.05, 4.69) is 29.0 Å². The van der Waals surface area contributed by atoms with Crippen molar-refractivity contribution >= 4 is 27.3 Å². The maximum Gasteiger partial charge on any atom is 0.185 e. The Morgan fingerprint density at radius 1 is 1.50 bits per heavy atom. The molecule has 6 heteroatoms. The van der Waals surface area contributed by atoms with Gasteiger partial charge in [0.15, 0.2) is 5.13 Å². The predicted molar refractivity (Wildman–Crippen MR) is 80.9 cm³/mol. The van der Waals surface area contributed by atoms with Gasteiger partial charge in [0.05, 0.1) is 0 Å². The predicted octanol–water partition coefficient (Wildman–Crippen LogP) is 1.85. The third kappa shape index (κ3) is 4.66. The quantitative estimate of drug-likeness (QED) is 0.793. The van der Waals surface area contributed by atoms with Crippen LogP contribution in [-0.2, 0) is 17.3 Å². The van der Waals surface area contributed by atoms with Crippen LogP contribution >= 0.6 is 11.3 Å². The molecule has 0 aliphatic rings. The van der Waals surface area contributed by atoms with Gasteiger partial charge in [-0.2, -0.15) is 0 Å². The fourth-order valence-electron chi connectivity index (χ4n) is 1.54. The zero-order valence-electron chi connectivity index (χ0n) is 11.6. The molecule has 0 bridgehead atoms. The third-order valence-corrected chi connectivity index (χ3v) is 5.23. The van der Waals surface area contributed by atoms with E-state index in [1.807, 2.05) is 13.1 Å². The molecule has 0 radical (unpaired) electrons. The third-order valence-electron chi connectivity index (χ3n) is 2.87. The van der Waals surface area contributed by atoms with Gasteiger partial charge in [-0.3, -0.25) is 4.21 Å². The highest BCUT2D eigenvalue weighted by atomic mass is 32.2. The van der Waals surface area contributed by atoms with Crippen LogP contribution in [0.15, 0.2) is 6.20 Å². The van der Waals surface area contributed by atoms with Crippen molar-refractivity contribution in [2.75, 3.05) is 30.8 Å². The van der Waals surface area contributed by atoms with Crippen LogP contribution in [0, 0.1) is 0 Å². The summed E-state index contributed by atoms with van der Waals surface area (Å²) < 4.78 is 11.2. The molecule has 0 saturated heterocycles. The Bertz CT molecular complexity index is 377. The van der Waals surface area contributed by atoms with E-state index < -0.39 is 10.8 Å². The van der Waals surface area contributed by atoms with Gasteiger partial charge in [-0.05, 0) is 20.8 Å². The minimum atomic E-state index is -0.756. The van der Waals surface area contributed by atoms with Gasteiger partial charge in [-0.15, -0.1) is 11.3 Å². The molecule has 2 atom stereocenters. The first-order chi connectivity index (χ1) is 8.58. The molecule has 1 heterocycles. The standard InChI is InChI=1S/C12H23N3OS2/c1-5-15(6-2)12-14-9-11(17-12)8-13-7-10(3)18(4)16/h9-10,13H,5-8H2,1-4H3. The molecule has 104 valence electrons. The van der Waals surface area contributed by atoms with Gasteiger partial charge < -0.3 is 10.2 Å². The summed E-state index contributed by atoms with van der Waals surface area (Å²) in [7, 11) is -0.756. The lowest BCUT2D eigenvalue weighted by molar-refractivity contribution is 0.649. The van der Waals surface area contributed by atoms with Crippen LogP contribution in [0.3, 0.4) is 0 Å². The number of thiazole rings is 1. The summed E-state index contributed by atoms with van der Waals surface area (Å²) in [5.74, 6) is 0. The highest BCUT2D eigenvalue weighted by Gasteiger charge is 2.09. The lowest BCUT2D eigenvalue weighted by Gasteiger charge is -2.16. The molecule has 1 N–H and O–H groups in total. The second-order valence-corrected chi connectivity index (χ2v) is 7.12. The van der Waals surface area contributed by atoms with Crippen molar-refractivity contribution in [3.63, 3.8) is 0 Å². The Balaban J connectivity index is 2.42. The monoisotopic (exact) mass is 289 g/mol. The summed E-state index contributed by atoms with van der Waals surface area (Å²) >= 11 is 1.73. The Kier molecular flexibility index (Phi) is 6.81. The van der Waals surface area contributed by atoms with Gasteiger partial charge in [0.1, 0.15) is 0 Å². The van der Waals surface area contributed by atoms with Crippen molar-refractivity contribution in [3.05, 3.63) is 11.1 Å². The molecule has 0 amide bonds. The summed E-state index contributed by atoms with van der Waals surface area (Å²) in [6, 6.07) is 0. The summed E-state index contributed by atoms with van der Waals surface area (Å²) in [6.45, 7) is 9.84. The normalized spacial score (nSPS) is 14.4. The van der Waals surface area contributed by atoms with Crippen LogP contribution in [0.1, 0.15) is 25.6 Å². The number of aromatic nitrogens is 1. The van der Waals surface area contributed by atoms with E-state index in [0.717, 1.165) is 31.3 Å². The van der Waals surface area contributed by atoms with E-state index in [9.17, 15) is 4.21 Å². The Morgan fingerprint density at radius 3 is 2.72 bits per heavy atom. The topological polar surface area (TPSA) is 45.2 Å². The highest BCUT2D eigenvalue weighted by molar-refractivity contribution is 7.84. The van der Waals surface area contributed by atoms with Crippen molar-refractivity contribution in [2.45, 2.75) is 32.6 Å². The number of nitrogens with one attached hydrogen (secondary N) is 1. The second kappa shape index (κ2) is 7.86. The van der Waals surface area contributed by atoms with Gasteiger partial charge in [-0.1, -0.05) is 0 Å². The Hall–Kier alpha value is -0.460. The van der Waals surface area contributed by atoms with Crippen LogP contribution < -0.4 is 10.2 Å². The van der Waals surface area contributed by atoms with E-state index in [1.165, 1.54) is 4.88 Å². The van der Waals surface area contributed by atoms with Crippen LogP contribution in [0.4, 0.5) is 5.13 Å². The number of hydrogen-bond donors (Lipinski definition) is 1. The molecule has 0 aliphatic heterocycles. The molecule has 2 unspecified atom stereocenters. The maximum atomic E-state index is 11.2. The fraction of sp³-hybridized carbons (Fsp3) is 0.750. The molecular weight excluding hydrogens is 266 g/mol. The van der Waals surface area contributed by atoms with Crippen molar-refractivity contribution in [1.29, 1.82) is 0 Å². The number of anilines is 1. The lowest BCUT2D eigenvalue weighted by Crippen LogP contribution is -2.26. The van der Waals surface area contributed by atoms with Crippen LogP contribution in [0.5, 0.6) is 0 Å². The minimum Gasteiger partial charge on any atom is -0.349 e. The van der Waals surface area contributed by atoms with E-state index >= 15 is 0 Å². The summed E-state index contributed by atoms with van der Waals surface area (Å²) in [5, 5.41) is 4.61. The van der Waals surface area contributed by atoms with Crippen LogP contribution in [0.25, 0.3) is 0 Å². The molecule has 0 spiro atoms. The molecule has 1 rings (SSSR count). The molecule has 0 saturated carbocycles. The molecule has 0 aliphatic carbocycles. The minimum absolute atomic E-state index is 0.195. The first-order valence-electron chi connectivity index (χ1n) is 6.31. The molecule has 1 aromatic rings. The number of hydrogen-bond acceptors (Lipinski definition) is 5. The van der Waals surface area contributed by atoms with Gasteiger partial charge in [-0.25, -0.2) is 4.98 Å². The van der Waals surface area contributed by atoms with Crippen molar-refractivity contribution in [1.82, 2.24) is 10.3 Å². The second-order valence-electron chi connectivity index (χ2n) is 4.22. The number of rotatable bonds is 8. The molecule has 0 fully saturated rings. The molecule has 18 heavy (non-hydrogen) atoms. The van der Waals surface area contributed by atoms with Crippen molar-refractivity contribution in [2.24, 2.45) is 0 Å². The van der Waals surface area contributed by atoms with E-state index in [-0.39, 0.29) is 5.25 Å². The van der Waals surface area contributed by atoms with Gasteiger partial charge in [0.25, 0.3) is 0 Å². The zero-order valence-corrected chi connectivity index (χ0v) is 13.2. The summed E-state index contributed by atoms with van der Waals surface area (Å²) in [4.78, 5) is 7.91. The highest BCUT2D eigenvalue weighted by Crippen LogP contribution is 2.21. The zero-order chi connectivity index (χ0) is 13.5. The molecule has 1 aromatic heterocycles. The van der Waals surface area contributed by atoms with E-state index in [0.29, 0.717) is 0 Å². The number of nitrogens with zero attached hydrogens (tertiary/aromatic N) is 2. The molecule has 0 aromatic carbocycles. The Labute approximate surface area is 116 Å². The van der Waals surface area contributed by atoms with Crippen molar-refractivity contribution < 1.29 is 4.21 Å². The molecule has 4 nitrogen and oxygen atoms in total. The van der Waals surface area contributed by atoms with Gasteiger partial charge in [0.2, 0.25) is 0 Å². The van der Waals surface area contributed by atoms with Crippen LogP contribution in [-0.4, -0.2) is 40.3 Å². The SMILES string of the molecule is CCN(CC)c1ncc(CNCC(C)S(C)=O)s1. The largest absolute Gasteiger partial charge is 0.349 e. The van der Waals surface area contributed by atoms with E-state index in [4.69, 9.17) is 0 Å².